The maximum absolute atomic E-state index is 5.81. The summed E-state index contributed by atoms with van der Waals surface area (Å²) >= 11 is 5.81. The fourth-order valence-electron chi connectivity index (χ4n) is 4.65. The van der Waals surface area contributed by atoms with Crippen molar-refractivity contribution in [3.05, 3.63) is 84.4 Å². The Morgan fingerprint density at radius 1 is 1.00 bits per heavy atom. The molecule has 0 bridgehead atoms. The molecule has 1 N–H and O–H groups in total. The van der Waals surface area contributed by atoms with Gasteiger partial charge in [0.2, 0.25) is 0 Å². The highest BCUT2D eigenvalue weighted by Crippen LogP contribution is 2.39. The highest BCUT2D eigenvalue weighted by Gasteiger charge is 2.39. The number of hydrogen-bond donors (Lipinski definition) is 1. The first-order valence-electron chi connectivity index (χ1n) is 11.3. The molecule has 0 saturated carbocycles. The van der Waals surface area contributed by atoms with Gasteiger partial charge in [0.15, 0.2) is 5.11 Å². The van der Waals surface area contributed by atoms with Crippen molar-refractivity contribution < 1.29 is 4.74 Å². The Kier molecular flexibility index (Phi) is 6.48. The predicted octanol–water partition coefficient (Wildman–Crippen LogP) is 3.57. The molecule has 1 aromatic carbocycles. The molecule has 4 heterocycles. The van der Waals surface area contributed by atoms with Crippen molar-refractivity contribution in [1.29, 1.82) is 0 Å². The summed E-state index contributed by atoms with van der Waals surface area (Å²) in [5.41, 5.74) is 3.41. The van der Waals surface area contributed by atoms with Gasteiger partial charge in [-0.3, -0.25) is 9.88 Å². The molecule has 166 valence electrons. The maximum Gasteiger partial charge on any atom is 0.170 e. The van der Waals surface area contributed by atoms with Crippen LogP contribution in [-0.2, 0) is 4.74 Å². The molecule has 0 aliphatic carbocycles. The van der Waals surface area contributed by atoms with E-state index in [0.717, 1.165) is 62.3 Å². The maximum atomic E-state index is 5.81. The van der Waals surface area contributed by atoms with Gasteiger partial charge in [-0.05, 0) is 54.5 Å². The molecular formula is C25H29N5OS. The molecule has 6 nitrogen and oxygen atoms in total. The molecule has 2 aliphatic heterocycles. The molecule has 7 heteroatoms. The van der Waals surface area contributed by atoms with E-state index in [4.69, 9.17) is 17.0 Å². The van der Waals surface area contributed by atoms with Gasteiger partial charge >= 0.3 is 0 Å². The van der Waals surface area contributed by atoms with Crippen LogP contribution >= 0.6 is 12.2 Å². The van der Waals surface area contributed by atoms with E-state index in [1.54, 1.807) is 0 Å². The number of benzene rings is 1. The average molecular weight is 448 g/mol. The minimum Gasteiger partial charge on any atom is -0.379 e. The molecule has 0 radical (unpaired) electrons. The summed E-state index contributed by atoms with van der Waals surface area (Å²) in [5.74, 6) is 0. The van der Waals surface area contributed by atoms with Crippen molar-refractivity contribution in [2.75, 3.05) is 39.4 Å². The minimum atomic E-state index is 0.0266. The van der Waals surface area contributed by atoms with E-state index in [2.05, 4.69) is 73.5 Å². The first kappa shape index (κ1) is 21.1. The molecule has 0 spiro atoms. The molecule has 2 aliphatic rings. The van der Waals surface area contributed by atoms with Crippen LogP contribution in [0.2, 0.25) is 0 Å². The number of aromatic nitrogens is 2. The molecule has 0 unspecified atom stereocenters. The summed E-state index contributed by atoms with van der Waals surface area (Å²) in [6, 6.07) is 18.8. The number of hydrogen-bond acceptors (Lipinski definition) is 4. The molecule has 32 heavy (non-hydrogen) atoms. The number of nitrogens with one attached hydrogen (secondary N) is 1. The molecule has 2 aromatic heterocycles. The first-order chi connectivity index (χ1) is 15.8. The normalized spacial score (nSPS) is 21.6. The van der Waals surface area contributed by atoms with E-state index in [0.29, 0.717) is 0 Å². The van der Waals surface area contributed by atoms with Gasteiger partial charge in [-0.15, -0.1) is 0 Å². The lowest BCUT2D eigenvalue weighted by molar-refractivity contribution is 0.0365. The quantitative estimate of drug-likeness (QED) is 0.559. The number of para-hydroxylation sites is 1. The summed E-state index contributed by atoms with van der Waals surface area (Å²) in [4.78, 5) is 9.47. The van der Waals surface area contributed by atoms with Crippen LogP contribution < -0.4 is 5.32 Å². The molecule has 2 atom stereocenters. The fraction of sp³-hybridized carbons (Fsp3) is 0.360. The summed E-state index contributed by atoms with van der Waals surface area (Å²) in [5, 5.41) is 4.36. The van der Waals surface area contributed by atoms with E-state index in [9.17, 15) is 0 Å². The minimum absolute atomic E-state index is 0.0266. The van der Waals surface area contributed by atoms with Crippen LogP contribution in [0.3, 0.4) is 0 Å². The molecule has 5 rings (SSSR count). The van der Waals surface area contributed by atoms with Crippen molar-refractivity contribution in [3.63, 3.8) is 0 Å². The monoisotopic (exact) mass is 447 g/mol. The Hall–Kier alpha value is -2.74. The first-order valence-corrected chi connectivity index (χ1v) is 11.7. The topological polar surface area (TPSA) is 45.6 Å². The van der Waals surface area contributed by atoms with Gasteiger partial charge in [-0.2, -0.15) is 0 Å². The van der Waals surface area contributed by atoms with Gasteiger partial charge in [-0.25, -0.2) is 0 Å². The Labute approximate surface area is 194 Å². The van der Waals surface area contributed by atoms with E-state index in [-0.39, 0.29) is 12.1 Å². The number of ether oxygens (including phenoxy) is 1. The Morgan fingerprint density at radius 3 is 2.59 bits per heavy atom. The van der Waals surface area contributed by atoms with Crippen LogP contribution in [0.4, 0.5) is 0 Å². The molecule has 0 amide bonds. The van der Waals surface area contributed by atoms with Crippen LogP contribution in [-0.4, -0.2) is 63.9 Å². The lowest BCUT2D eigenvalue weighted by Crippen LogP contribution is -2.38. The van der Waals surface area contributed by atoms with Gasteiger partial charge < -0.3 is 19.5 Å². The number of nitrogens with zero attached hydrogens (tertiary/aromatic N) is 4. The van der Waals surface area contributed by atoms with Crippen LogP contribution in [0.5, 0.6) is 0 Å². The average Bonchev–Trinajstić information content (AvgIpc) is 3.46. The smallest absolute Gasteiger partial charge is 0.170 e. The highest BCUT2D eigenvalue weighted by atomic mass is 32.1. The second-order valence-corrected chi connectivity index (χ2v) is 8.70. The fourth-order valence-corrected chi connectivity index (χ4v) is 4.98. The van der Waals surface area contributed by atoms with Crippen molar-refractivity contribution in [3.8, 4) is 5.69 Å². The van der Waals surface area contributed by atoms with Gasteiger partial charge in [-0.1, -0.05) is 24.3 Å². The van der Waals surface area contributed by atoms with Gasteiger partial charge in [0.1, 0.15) is 0 Å². The lowest BCUT2D eigenvalue weighted by Gasteiger charge is -2.30. The van der Waals surface area contributed by atoms with Crippen molar-refractivity contribution >= 4 is 17.3 Å². The van der Waals surface area contributed by atoms with Gasteiger partial charge in [0, 0.05) is 50.5 Å². The number of rotatable bonds is 7. The lowest BCUT2D eigenvalue weighted by atomic mass is 9.99. The SMILES string of the molecule is S=C1N[C@H](c2ccccn2)[C@H](c2ccn(-c3ccccc3)c2)N1CCCN1CCOCC1. The number of thiocarbonyl (C=S) groups is 1. The standard InChI is InChI=1S/C25H29N5OS/c32-25-27-23(22-9-4-5-11-26-22)24(30(25)13-6-12-28-15-17-31-18-16-28)20-10-14-29(19-20)21-7-2-1-3-8-21/h1-5,7-11,14,19,23-24H,6,12-13,15-18H2,(H,27,32)/t23-,24+/m1/s1. The second kappa shape index (κ2) is 9.81. The summed E-state index contributed by atoms with van der Waals surface area (Å²) in [7, 11) is 0. The van der Waals surface area contributed by atoms with Crippen LogP contribution in [0.25, 0.3) is 5.69 Å². The summed E-state index contributed by atoms with van der Waals surface area (Å²) in [6.45, 7) is 5.68. The Balaban J connectivity index is 1.39. The highest BCUT2D eigenvalue weighted by molar-refractivity contribution is 7.80. The van der Waals surface area contributed by atoms with E-state index >= 15 is 0 Å². The van der Waals surface area contributed by atoms with E-state index in [1.807, 2.05) is 24.4 Å². The Bertz CT molecular complexity index is 1020. The van der Waals surface area contributed by atoms with E-state index in [1.165, 1.54) is 5.56 Å². The van der Waals surface area contributed by atoms with Crippen molar-refractivity contribution in [1.82, 2.24) is 24.7 Å². The largest absolute Gasteiger partial charge is 0.379 e. The summed E-state index contributed by atoms with van der Waals surface area (Å²) in [6.07, 6.45) is 7.27. The zero-order valence-corrected chi connectivity index (χ0v) is 19.0. The molecular weight excluding hydrogens is 418 g/mol. The molecule has 3 aromatic rings. The number of morpholine rings is 1. The number of pyridine rings is 1. The third-order valence-electron chi connectivity index (χ3n) is 6.29. The Morgan fingerprint density at radius 2 is 1.81 bits per heavy atom. The second-order valence-electron chi connectivity index (χ2n) is 8.32. The molecule has 2 saturated heterocycles. The third kappa shape index (κ3) is 4.55. The zero-order valence-electron chi connectivity index (χ0n) is 18.1. The molecule has 2 fully saturated rings. The van der Waals surface area contributed by atoms with Crippen molar-refractivity contribution in [2.45, 2.75) is 18.5 Å². The van der Waals surface area contributed by atoms with Gasteiger partial charge in [0.05, 0.1) is 31.0 Å². The zero-order chi connectivity index (χ0) is 21.8. The summed E-state index contributed by atoms with van der Waals surface area (Å²) < 4.78 is 7.66. The van der Waals surface area contributed by atoms with Crippen LogP contribution in [0.1, 0.15) is 29.8 Å². The third-order valence-corrected chi connectivity index (χ3v) is 6.64. The van der Waals surface area contributed by atoms with Crippen molar-refractivity contribution in [2.24, 2.45) is 0 Å². The van der Waals surface area contributed by atoms with Gasteiger partial charge in [0.25, 0.3) is 0 Å². The van der Waals surface area contributed by atoms with Crippen LogP contribution in [0.15, 0.2) is 73.2 Å². The van der Waals surface area contributed by atoms with E-state index < -0.39 is 0 Å². The van der Waals surface area contributed by atoms with Crippen LogP contribution in [0, 0.1) is 0 Å². The predicted molar refractivity (Wildman–Crippen MR) is 130 cm³/mol.